The molecule has 0 unspecified atom stereocenters. The normalized spacial score (nSPS) is 12.1. The van der Waals surface area contributed by atoms with Crippen LogP contribution in [-0.2, 0) is 10.0 Å². The SMILES string of the molecule is CCC(CC)(CC)NS(=O)(=O)c1ccc(C#N)cc1N. The summed E-state index contributed by atoms with van der Waals surface area (Å²) >= 11 is 0. The summed E-state index contributed by atoms with van der Waals surface area (Å²) in [7, 11) is -3.69. The minimum absolute atomic E-state index is 0.0243. The van der Waals surface area contributed by atoms with Gasteiger partial charge in [-0.1, -0.05) is 20.8 Å². The molecule has 0 aliphatic carbocycles. The number of nitriles is 1. The van der Waals surface area contributed by atoms with Crippen molar-refractivity contribution in [2.24, 2.45) is 0 Å². The van der Waals surface area contributed by atoms with E-state index in [1.165, 1.54) is 18.2 Å². The number of rotatable bonds is 6. The Balaban J connectivity index is 3.21. The summed E-state index contributed by atoms with van der Waals surface area (Å²) < 4.78 is 27.7. The molecule has 0 saturated carbocycles. The minimum atomic E-state index is -3.69. The van der Waals surface area contributed by atoms with E-state index in [1.807, 2.05) is 26.8 Å². The average molecular weight is 295 g/mol. The first-order valence-corrected chi connectivity index (χ1v) is 8.16. The minimum Gasteiger partial charge on any atom is -0.398 e. The number of nitrogens with one attached hydrogen (secondary N) is 1. The molecule has 0 bridgehead atoms. The lowest BCUT2D eigenvalue weighted by molar-refractivity contribution is 0.342. The van der Waals surface area contributed by atoms with Crippen molar-refractivity contribution < 1.29 is 8.42 Å². The zero-order chi connectivity index (χ0) is 15.4. The Kier molecular flexibility index (Phi) is 5.15. The zero-order valence-corrected chi connectivity index (χ0v) is 12.9. The summed E-state index contributed by atoms with van der Waals surface area (Å²) in [6, 6.07) is 6.14. The fourth-order valence-corrected chi connectivity index (χ4v) is 3.90. The van der Waals surface area contributed by atoms with Gasteiger partial charge in [0.25, 0.3) is 0 Å². The predicted octanol–water partition coefficient (Wildman–Crippen LogP) is 2.39. The van der Waals surface area contributed by atoms with E-state index in [0.717, 1.165) is 0 Å². The highest BCUT2D eigenvalue weighted by atomic mass is 32.2. The van der Waals surface area contributed by atoms with Crippen LogP contribution < -0.4 is 10.5 Å². The van der Waals surface area contributed by atoms with Crippen LogP contribution in [0.2, 0.25) is 0 Å². The van der Waals surface area contributed by atoms with E-state index in [0.29, 0.717) is 24.8 Å². The first kappa shape index (κ1) is 16.5. The fourth-order valence-electron chi connectivity index (χ4n) is 2.17. The van der Waals surface area contributed by atoms with Gasteiger partial charge in [-0.25, -0.2) is 13.1 Å². The van der Waals surface area contributed by atoms with Crippen molar-refractivity contribution in [1.82, 2.24) is 4.72 Å². The van der Waals surface area contributed by atoms with Crippen molar-refractivity contribution in [3.8, 4) is 6.07 Å². The van der Waals surface area contributed by atoms with E-state index in [1.54, 1.807) is 0 Å². The number of anilines is 1. The molecule has 1 aromatic carbocycles. The molecule has 0 atom stereocenters. The van der Waals surface area contributed by atoms with Gasteiger partial charge in [0.05, 0.1) is 17.3 Å². The zero-order valence-electron chi connectivity index (χ0n) is 12.1. The van der Waals surface area contributed by atoms with Crippen LogP contribution in [0.15, 0.2) is 23.1 Å². The van der Waals surface area contributed by atoms with E-state index >= 15 is 0 Å². The first-order valence-electron chi connectivity index (χ1n) is 6.67. The third-order valence-electron chi connectivity index (χ3n) is 3.81. The van der Waals surface area contributed by atoms with E-state index < -0.39 is 15.6 Å². The van der Waals surface area contributed by atoms with Crippen molar-refractivity contribution in [3.63, 3.8) is 0 Å². The number of nitrogens with zero attached hydrogens (tertiary/aromatic N) is 1. The standard InChI is InChI=1S/C14H21N3O2S/c1-4-14(5-2,6-3)17-20(18,19)13-8-7-11(10-15)9-12(13)16/h7-9,17H,4-6,16H2,1-3H3. The molecular formula is C14H21N3O2S. The van der Waals surface area contributed by atoms with Gasteiger partial charge in [-0.05, 0) is 37.5 Å². The summed E-state index contributed by atoms with van der Waals surface area (Å²) in [5.74, 6) is 0. The van der Waals surface area contributed by atoms with E-state index in [4.69, 9.17) is 11.0 Å². The Morgan fingerprint density at radius 2 is 1.80 bits per heavy atom. The molecule has 0 aliphatic rings. The lowest BCUT2D eigenvalue weighted by Gasteiger charge is -2.31. The highest BCUT2D eigenvalue weighted by Gasteiger charge is 2.31. The second-order valence-electron chi connectivity index (χ2n) is 4.81. The molecule has 0 heterocycles. The third-order valence-corrected chi connectivity index (χ3v) is 5.46. The smallest absolute Gasteiger partial charge is 0.243 e. The summed E-state index contributed by atoms with van der Waals surface area (Å²) in [4.78, 5) is 0.0243. The Morgan fingerprint density at radius 3 is 2.20 bits per heavy atom. The van der Waals surface area contributed by atoms with E-state index in [-0.39, 0.29) is 10.6 Å². The molecule has 20 heavy (non-hydrogen) atoms. The molecular weight excluding hydrogens is 274 g/mol. The van der Waals surface area contributed by atoms with Crippen molar-refractivity contribution in [1.29, 1.82) is 5.26 Å². The third kappa shape index (κ3) is 3.30. The lowest BCUT2D eigenvalue weighted by Crippen LogP contribution is -2.47. The molecule has 5 nitrogen and oxygen atoms in total. The molecule has 0 radical (unpaired) electrons. The maximum absolute atomic E-state index is 12.5. The van der Waals surface area contributed by atoms with Gasteiger partial charge in [-0.2, -0.15) is 5.26 Å². The molecule has 1 aromatic rings. The Bertz CT molecular complexity index is 606. The van der Waals surface area contributed by atoms with Crippen molar-refractivity contribution >= 4 is 15.7 Å². The summed E-state index contributed by atoms with van der Waals surface area (Å²) in [5.41, 5.74) is 5.73. The lowest BCUT2D eigenvalue weighted by atomic mass is 9.91. The Labute approximate surface area is 120 Å². The highest BCUT2D eigenvalue weighted by molar-refractivity contribution is 7.89. The maximum atomic E-state index is 12.5. The van der Waals surface area contributed by atoms with Crippen LogP contribution in [0.5, 0.6) is 0 Å². The summed E-state index contributed by atoms with van der Waals surface area (Å²) in [6.45, 7) is 5.87. The largest absolute Gasteiger partial charge is 0.398 e. The van der Waals surface area contributed by atoms with Crippen LogP contribution in [0.4, 0.5) is 5.69 Å². The monoisotopic (exact) mass is 295 g/mol. The van der Waals surface area contributed by atoms with Crippen LogP contribution in [0.25, 0.3) is 0 Å². The van der Waals surface area contributed by atoms with Gasteiger partial charge in [0, 0.05) is 5.54 Å². The molecule has 0 saturated heterocycles. The Hall–Kier alpha value is -1.58. The van der Waals surface area contributed by atoms with E-state index in [2.05, 4.69) is 4.72 Å². The fraction of sp³-hybridized carbons (Fsp3) is 0.500. The number of hydrogen-bond acceptors (Lipinski definition) is 4. The Morgan fingerprint density at radius 1 is 1.25 bits per heavy atom. The van der Waals surface area contributed by atoms with Gasteiger partial charge in [0.2, 0.25) is 10.0 Å². The quantitative estimate of drug-likeness (QED) is 0.787. The van der Waals surface area contributed by atoms with Crippen molar-refractivity contribution in [3.05, 3.63) is 23.8 Å². The highest BCUT2D eigenvalue weighted by Crippen LogP contribution is 2.25. The number of nitrogens with two attached hydrogens (primary N) is 1. The topological polar surface area (TPSA) is 96.0 Å². The van der Waals surface area contributed by atoms with Crippen LogP contribution in [0.3, 0.4) is 0 Å². The number of hydrogen-bond donors (Lipinski definition) is 2. The number of benzene rings is 1. The van der Waals surface area contributed by atoms with Crippen LogP contribution >= 0.6 is 0 Å². The number of sulfonamides is 1. The van der Waals surface area contributed by atoms with Gasteiger partial charge in [0.15, 0.2) is 0 Å². The molecule has 0 amide bonds. The first-order chi connectivity index (χ1) is 9.34. The second-order valence-corrected chi connectivity index (χ2v) is 6.46. The molecule has 1 rings (SSSR count). The molecule has 0 spiro atoms. The number of nitrogen functional groups attached to an aromatic ring is 1. The molecule has 3 N–H and O–H groups in total. The van der Waals surface area contributed by atoms with Crippen molar-refractivity contribution in [2.45, 2.75) is 50.5 Å². The summed E-state index contributed by atoms with van der Waals surface area (Å²) in [5, 5.41) is 8.79. The van der Waals surface area contributed by atoms with E-state index in [9.17, 15) is 8.42 Å². The maximum Gasteiger partial charge on any atom is 0.243 e. The van der Waals surface area contributed by atoms with Crippen LogP contribution in [0.1, 0.15) is 45.6 Å². The van der Waals surface area contributed by atoms with Gasteiger partial charge in [-0.3, -0.25) is 0 Å². The van der Waals surface area contributed by atoms with Crippen LogP contribution in [-0.4, -0.2) is 14.0 Å². The molecule has 110 valence electrons. The molecule has 0 aromatic heterocycles. The van der Waals surface area contributed by atoms with Gasteiger partial charge in [-0.15, -0.1) is 0 Å². The summed E-state index contributed by atoms with van der Waals surface area (Å²) in [6.07, 6.45) is 2.11. The predicted molar refractivity (Wildman–Crippen MR) is 79.5 cm³/mol. The van der Waals surface area contributed by atoms with Gasteiger partial charge >= 0.3 is 0 Å². The second kappa shape index (κ2) is 6.25. The van der Waals surface area contributed by atoms with Gasteiger partial charge in [0.1, 0.15) is 4.90 Å². The average Bonchev–Trinajstić information content (AvgIpc) is 2.44. The molecule has 0 fully saturated rings. The van der Waals surface area contributed by atoms with Gasteiger partial charge < -0.3 is 5.73 Å². The molecule has 0 aliphatic heterocycles. The van der Waals surface area contributed by atoms with Crippen LogP contribution in [0, 0.1) is 11.3 Å². The van der Waals surface area contributed by atoms with Crippen molar-refractivity contribution in [2.75, 3.05) is 5.73 Å². The molecule has 6 heteroatoms.